The van der Waals surface area contributed by atoms with Crippen LogP contribution in [0.15, 0.2) is 46.9 Å². The molecule has 0 saturated heterocycles. The van der Waals surface area contributed by atoms with Crippen LogP contribution in [-0.4, -0.2) is 6.03 Å². The molecule has 0 aliphatic rings. The number of amides is 2. The maximum atomic E-state index is 11.8. The molecule has 4 nitrogen and oxygen atoms in total. The lowest BCUT2D eigenvalue weighted by atomic mass is 10.3. The van der Waals surface area contributed by atoms with Gasteiger partial charge in [0.1, 0.15) is 0 Å². The van der Waals surface area contributed by atoms with Gasteiger partial charge >= 0.3 is 6.03 Å². The van der Waals surface area contributed by atoms with E-state index >= 15 is 0 Å². The molecule has 6 heteroatoms. The van der Waals surface area contributed by atoms with Crippen molar-refractivity contribution in [3.05, 3.63) is 52.0 Å². The molecule has 4 N–H and O–H groups in total. The number of nitrogens with one attached hydrogen (secondary N) is 2. The normalized spacial score (nSPS) is 10.0. The van der Waals surface area contributed by atoms with Crippen molar-refractivity contribution in [2.24, 2.45) is 0 Å². The van der Waals surface area contributed by atoms with Gasteiger partial charge < -0.3 is 16.4 Å². The Kier molecular flexibility index (Phi) is 4.29. The monoisotopic (exact) mass is 339 g/mol. The first kappa shape index (κ1) is 13.7. The van der Waals surface area contributed by atoms with E-state index in [9.17, 15) is 4.79 Å². The van der Waals surface area contributed by atoms with Crippen LogP contribution in [0.3, 0.4) is 0 Å². The molecular formula is C13H11BrClN3O. The second-order valence-electron chi connectivity index (χ2n) is 3.83. The van der Waals surface area contributed by atoms with Crippen LogP contribution in [-0.2, 0) is 0 Å². The van der Waals surface area contributed by atoms with Gasteiger partial charge in [-0.05, 0) is 52.3 Å². The van der Waals surface area contributed by atoms with Crippen molar-refractivity contribution < 1.29 is 4.79 Å². The average molecular weight is 341 g/mol. The first-order chi connectivity index (χ1) is 9.04. The largest absolute Gasteiger partial charge is 0.399 e. The van der Waals surface area contributed by atoms with Crippen molar-refractivity contribution in [3.63, 3.8) is 0 Å². The van der Waals surface area contributed by atoms with Crippen LogP contribution in [0.5, 0.6) is 0 Å². The third-order valence-electron chi connectivity index (χ3n) is 2.32. The number of halogens is 2. The number of carbonyl (C=O) groups excluding carboxylic acids is 1. The Morgan fingerprint density at radius 1 is 1.11 bits per heavy atom. The number of urea groups is 1. The minimum absolute atomic E-state index is 0.357. The van der Waals surface area contributed by atoms with E-state index < -0.39 is 0 Å². The van der Waals surface area contributed by atoms with Crippen LogP contribution in [0.1, 0.15) is 0 Å². The molecule has 0 atom stereocenters. The molecule has 0 aromatic heterocycles. The van der Waals surface area contributed by atoms with Crippen LogP contribution in [0, 0.1) is 0 Å². The van der Waals surface area contributed by atoms with Crippen molar-refractivity contribution in [1.29, 1.82) is 0 Å². The van der Waals surface area contributed by atoms with Gasteiger partial charge in [0.15, 0.2) is 0 Å². The van der Waals surface area contributed by atoms with Gasteiger partial charge in [-0.2, -0.15) is 0 Å². The Hall–Kier alpha value is -1.72. The zero-order valence-electron chi connectivity index (χ0n) is 9.78. The van der Waals surface area contributed by atoms with Crippen molar-refractivity contribution >= 4 is 50.6 Å². The molecule has 0 unspecified atom stereocenters. The van der Waals surface area contributed by atoms with Gasteiger partial charge in [-0.1, -0.05) is 17.7 Å². The minimum Gasteiger partial charge on any atom is -0.399 e. The fourth-order valence-corrected chi connectivity index (χ4v) is 1.91. The van der Waals surface area contributed by atoms with E-state index in [2.05, 4.69) is 26.6 Å². The second-order valence-corrected chi connectivity index (χ2v) is 5.10. The minimum atomic E-state index is -0.357. The Bertz CT molecular complexity index is 619. The van der Waals surface area contributed by atoms with Gasteiger partial charge in [0.25, 0.3) is 0 Å². The van der Waals surface area contributed by atoms with Gasteiger partial charge in [-0.25, -0.2) is 4.79 Å². The van der Waals surface area contributed by atoms with E-state index in [0.717, 1.165) is 4.47 Å². The molecule has 0 aliphatic carbocycles. The lowest BCUT2D eigenvalue weighted by Gasteiger charge is -2.08. The summed E-state index contributed by atoms with van der Waals surface area (Å²) in [7, 11) is 0. The van der Waals surface area contributed by atoms with Crippen LogP contribution < -0.4 is 16.4 Å². The maximum Gasteiger partial charge on any atom is 0.323 e. The second kappa shape index (κ2) is 5.95. The standard InChI is InChI=1S/C13H11BrClN3O/c14-11-5-4-10(7-12(11)15)18-13(19)17-9-3-1-2-8(16)6-9/h1-7H,16H2,(H2,17,18,19). The molecule has 0 heterocycles. The fourth-order valence-electron chi connectivity index (χ4n) is 1.48. The Balaban J connectivity index is 2.03. The summed E-state index contributed by atoms with van der Waals surface area (Å²) in [5, 5.41) is 5.89. The summed E-state index contributed by atoms with van der Waals surface area (Å²) in [4.78, 5) is 11.8. The van der Waals surface area contributed by atoms with Gasteiger partial charge in [-0.3, -0.25) is 0 Å². The molecular weight excluding hydrogens is 330 g/mol. The van der Waals surface area contributed by atoms with E-state index in [0.29, 0.717) is 22.1 Å². The molecule has 2 rings (SSSR count). The molecule has 0 saturated carbocycles. The highest BCUT2D eigenvalue weighted by Crippen LogP contribution is 2.25. The number of nitrogen functional groups attached to an aromatic ring is 1. The molecule has 2 amide bonds. The molecule has 0 radical (unpaired) electrons. The molecule has 2 aromatic carbocycles. The number of carbonyl (C=O) groups is 1. The van der Waals surface area contributed by atoms with Crippen LogP contribution in [0.4, 0.5) is 21.9 Å². The fraction of sp³-hybridized carbons (Fsp3) is 0. The molecule has 0 bridgehead atoms. The summed E-state index contributed by atoms with van der Waals surface area (Å²) in [5.41, 5.74) is 7.45. The number of hydrogen-bond donors (Lipinski definition) is 3. The average Bonchev–Trinajstić information content (AvgIpc) is 2.34. The van der Waals surface area contributed by atoms with Crippen molar-refractivity contribution in [3.8, 4) is 0 Å². The number of hydrogen-bond acceptors (Lipinski definition) is 2. The number of nitrogens with two attached hydrogens (primary N) is 1. The molecule has 0 aliphatic heterocycles. The van der Waals surface area contributed by atoms with Crippen molar-refractivity contribution in [2.75, 3.05) is 16.4 Å². The Morgan fingerprint density at radius 2 is 1.79 bits per heavy atom. The summed E-state index contributed by atoms with van der Waals surface area (Å²) in [5.74, 6) is 0. The van der Waals surface area contributed by atoms with Gasteiger partial charge in [-0.15, -0.1) is 0 Å². The SMILES string of the molecule is Nc1cccc(NC(=O)Nc2ccc(Br)c(Cl)c2)c1. The van der Waals surface area contributed by atoms with E-state index in [4.69, 9.17) is 17.3 Å². The summed E-state index contributed by atoms with van der Waals surface area (Å²) in [6.45, 7) is 0. The predicted molar refractivity (Wildman–Crippen MR) is 82.6 cm³/mol. The summed E-state index contributed by atoms with van der Waals surface area (Å²) in [6, 6.07) is 11.7. The highest BCUT2D eigenvalue weighted by molar-refractivity contribution is 9.10. The molecule has 19 heavy (non-hydrogen) atoms. The highest BCUT2D eigenvalue weighted by atomic mass is 79.9. The smallest absolute Gasteiger partial charge is 0.323 e. The third kappa shape index (κ3) is 3.87. The van der Waals surface area contributed by atoms with E-state index in [1.54, 1.807) is 42.5 Å². The molecule has 0 fully saturated rings. The Labute approximate surface area is 124 Å². The third-order valence-corrected chi connectivity index (χ3v) is 3.55. The van der Waals surface area contributed by atoms with Gasteiger partial charge in [0.05, 0.1) is 5.02 Å². The van der Waals surface area contributed by atoms with E-state index in [-0.39, 0.29) is 6.03 Å². The molecule has 0 spiro atoms. The Morgan fingerprint density at radius 3 is 2.42 bits per heavy atom. The van der Waals surface area contributed by atoms with Gasteiger partial charge in [0, 0.05) is 21.5 Å². The number of rotatable bonds is 2. The van der Waals surface area contributed by atoms with Crippen LogP contribution in [0.2, 0.25) is 5.02 Å². The predicted octanol–water partition coefficient (Wildman–Crippen LogP) is 4.33. The quantitative estimate of drug-likeness (QED) is 0.712. The van der Waals surface area contributed by atoms with E-state index in [1.807, 2.05) is 0 Å². The topological polar surface area (TPSA) is 67.1 Å². The maximum absolute atomic E-state index is 11.8. The summed E-state index contributed by atoms with van der Waals surface area (Å²) in [6.07, 6.45) is 0. The highest BCUT2D eigenvalue weighted by Gasteiger charge is 2.04. The summed E-state index contributed by atoms with van der Waals surface area (Å²) < 4.78 is 0.774. The first-order valence-electron chi connectivity index (χ1n) is 5.43. The summed E-state index contributed by atoms with van der Waals surface area (Å²) >= 11 is 9.23. The van der Waals surface area contributed by atoms with Crippen LogP contribution >= 0.6 is 27.5 Å². The first-order valence-corrected chi connectivity index (χ1v) is 6.60. The lowest BCUT2D eigenvalue weighted by Crippen LogP contribution is -2.19. The molecule has 98 valence electrons. The van der Waals surface area contributed by atoms with Crippen molar-refractivity contribution in [1.82, 2.24) is 0 Å². The lowest BCUT2D eigenvalue weighted by molar-refractivity contribution is 0.262. The number of anilines is 3. The van der Waals surface area contributed by atoms with Crippen molar-refractivity contribution in [2.45, 2.75) is 0 Å². The zero-order valence-corrected chi connectivity index (χ0v) is 12.1. The zero-order chi connectivity index (χ0) is 13.8. The number of benzene rings is 2. The van der Waals surface area contributed by atoms with E-state index in [1.165, 1.54) is 0 Å². The van der Waals surface area contributed by atoms with Crippen LogP contribution in [0.25, 0.3) is 0 Å². The van der Waals surface area contributed by atoms with Gasteiger partial charge in [0.2, 0.25) is 0 Å². The molecule has 2 aromatic rings.